The van der Waals surface area contributed by atoms with Crippen LogP contribution < -0.4 is 5.32 Å². The van der Waals surface area contributed by atoms with Gasteiger partial charge < -0.3 is 15.5 Å². The second-order valence-corrected chi connectivity index (χ2v) is 4.27. The van der Waals surface area contributed by atoms with Crippen molar-refractivity contribution in [3.05, 3.63) is 0 Å². The van der Waals surface area contributed by atoms with Gasteiger partial charge in [-0.3, -0.25) is 0 Å². The van der Waals surface area contributed by atoms with Gasteiger partial charge in [-0.1, -0.05) is 0 Å². The van der Waals surface area contributed by atoms with Gasteiger partial charge in [-0.15, -0.1) is 0 Å². The van der Waals surface area contributed by atoms with Crippen molar-refractivity contribution in [1.82, 2.24) is 5.32 Å². The molecule has 80 valence electrons. The summed E-state index contributed by atoms with van der Waals surface area (Å²) in [5, 5.41) is 20.9. The van der Waals surface area contributed by atoms with Gasteiger partial charge in [0, 0.05) is 24.8 Å². The number of rotatable bonds is 7. The molecule has 0 spiro atoms. The molecule has 3 N–H and O–H groups in total. The van der Waals surface area contributed by atoms with E-state index in [1.54, 1.807) is 0 Å². The number of hydrogen-bond acceptors (Lipinski definition) is 3. The molecule has 0 bridgehead atoms. The summed E-state index contributed by atoms with van der Waals surface area (Å²) in [4.78, 5) is 0. The van der Waals surface area contributed by atoms with Crippen LogP contribution in [-0.4, -0.2) is 35.0 Å². The molecule has 1 unspecified atom stereocenters. The third kappa shape index (κ3) is 6.99. The zero-order valence-electron chi connectivity index (χ0n) is 9.01. The Morgan fingerprint density at radius 3 is 2.31 bits per heavy atom. The highest BCUT2D eigenvalue weighted by molar-refractivity contribution is 4.80. The van der Waals surface area contributed by atoms with Crippen LogP contribution in [-0.2, 0) is 0 Å². The molecule has 3 heteroatoms. The molecule has 0 radical (unpaired) electrons. The molecule has 3 nitrogen and oxygen atoms in total. The smallest absolute Gasteiger partial charge is 0.0448 e. The van der Waals surface area contributed by atoms with E-state index in [9.17, 15) is 0 Å². The van der Waals surface area contributed by atoms with Crippen LogP contribution >= 0.6 is 0 Å². The molecule has 0 aromatic rings. The Bertz CT molecular complexity index is 126. The van der Waals surface area contributed by atoms with Crippen molar-refractivity contribution in [3.63, 3.8) is 0 Å². The molecule has 0 aliphatic carbocycles. The van der Waals surface area contributed by atoms with Crippen molar-refractivity contribution >= 4 is 0 Å². The SMILES string of the molecule is CC(CCCO)NC(C)(C)CCO. The molecule has 0 aromatic heterocycles. The quantitative estimate of drug-likeness (QED) is 0.557. The minimum Gasteiger partial charge on any atom is -0.396 e. The Morgan fingerprint density at radius 2 is 1.85 bits per heavy atom. The number of aliphatic hydroxyl groups is 2. The van der Waals surface area contributed by atoms with Gasteiger partial charge >= 0.3 is 0 Å². The fourth-order valence-corrected chi connectivity index (χ4v) is 1.49. The lowest BCUT2D eigenvalue weighted by molar-refractivity contribution is 0.213. The van der Waals surface area contributed by atoms with Crippen molar-refractivity contribution in [2.75, 3.05) is 13.2 Å². The number of nitrogens with one attached hydrogen (secondary N) is 1. The molecule has 0 fully saturated rings. The summed E-state index contributed by atoms with van der Waals surface area (Å²) in [5.41, 5.74) is -0.0103. The molecule has 13 heavy (non-hydrogen) atoms. The van der Waals surface area contributed by atoms with Crippen LogP contribution in [0.4, 0.5) is 0 Å². The first-order chi connectivity index (χ1) is 6.02. The minimum atomic E-state index is -0.0103. The molecule has 0 amide bonds. The fourth-order valence-electron chi connectivity index (χ4n) is 1.49. The van der Waals surface area contributed by atoms with Crippen LogP contribution in [0, 0.1) is 0 Å². The summed E-state index contributed by atoms with van der Waals surface area (Å²) in [5.74, 6) is 0. The highest BCUT2D eigenvalue weighted by Crippen LogP contribution is 2.10. The molecule has 1 atom stereocenters. The Kier molecular flexibility index (Phi) is 6.29. The molecule has 0 rings (SSSR count). The average molecular weight is 189 g/mol. The van der Waals surface area contributed by atoms with Crippen molar-refractivity contribution in [3.8, 4) is 0 Å². The molecule has 0 heterocycles. The van der Waals surface area contributed by atoms with Crippen LogP contribution in [0.3, 0.4) is 0 Å². The topological polar surface area (TPSA) is 52.5 Å². The highest BCUT2D eigenvalue weighted by atomic mass is 16.3. The van der Waals surface area contributed by atoms with Crippen molar-refractivity contribution in [2.45, 2.75) is 51.6 Å². The van der Waals surface area contributed by atoms with E-state index in [-0.39, 0.29) is 18.8 Å². The van der Waals surface area contributed by atoms with Gasteiger partial charge in [-0.05, 0) is 40.0 Å². The van der Waals surface area contributed by atoms with Crippen molar-refractivity contribution in [2.24, 2.45) is 0 Å². The standard InChI is InChI=1S/C10H23NO2/c1-9(5-4-7-12)11-10(2,3)6-8-13/h9,11-13H,4-8H2,1-3H3. The van der Waals surface area contributed by atoms with Crippen LogP contribution in [0.25, 0.3) is 0 Å². The van der Waals surface area contributed by atoms with E-state index in [1.165, 1.54) is 0 Å². The summed E-state index contributed by atoms with van der Waals surface area (Å²) in [6, 6.07) is 0.397. The van der Waals surface area contributed by atoms with Crippen molar-refractivity contribution < 1.29 is 10.2 Å². The van der Waals surface area contributed by atoms with E-state index in [0.29, 0.717) is 6.04 Å². The Morgan fingerprint density at radius 1 is 1.23 bits per heavy atom. The summed E-state index contributed by atoms with van der Waals surface area (Å²) in [6.45, 7) is 6.74. The fraction of sp³-hybridized carbons (Fsp3) is 1.00. The first kappa shape index (κ1) is 12.9. The lowest BCUT2D eigenvalue weighted by Gasteiger charge is -2.29. The zero-order valence-corrected chi connectivity index (χ0v) is 9.01. The highest BCUT2D eigenvalue weighted by Gasteiger charge is 2.18. The summed E-state index contributed by atoms with van der Waals surface area (Å²) >= 11 is 0. The molecule has 0 aromatic carbocycles. The molecule has 0 saturated carbocycles. The lowest BCUT2D eigenvalue weighted by Crippen LogP contribution is -2.45. The van der Waals surface area contributed by atoms with E-state index < -0.39 is 0 Å². The Balaban J connectivity index is 3.68. The maximum Gasteiger partial charge on any atom is 0.0448 e. The van der Waals surface area contributed by atoms with E-state index in [4.69, 9.17) is 10.2 Å². The summed E-state index contributed by atoms with van der Waals surface area (Å²) < 4.78 is 0. The van der Waals surface area contributed by atoms with Crippen molar-refractivity contribution in [1.29, 1.82) is 0 Å². The normalized spacial score (nSPS) is 14.5. The summed E-state index contributed by atoms with van der Waals surface area (Å²) in [7, 11) is 0. The molecule has 0 saturated heterocycles. The molecular formula is C10H23NO2. The maximum absolute atomic E-state index is 8.81. The minimum absolute atomic E-state index is 0.0103. The number of aliphatic hydroxyl groups excluding tert-OH is 2. The third-order valence-electron chi connectivity index (χ3n) is 2.17. The zero-order chi connectivity index (χ0) is 10.3. The van der Waals surface area contributed by atoms with Gasteiger partial charge in [0.2, 0.25) is 0 Å². The van der Waals surface area contributed by atoms with E-state index >= 15 is 0 Å². The van der Waals surface area contributed by atoms with Gasteiger partial charge in [0.1, 0.15) is 0 Å². The predicted octanol–water partition coefficient (Wildman–Crippen LogP) is 0.898. The first-order valence-corrected chi connectivity index (χ1v) is 5.01. The largest absolute Gasteiger partial charge is 0.396 e. The predicted molar refractivity (Wildman–Crippen MR) is 54.7 cm³/mol. The Labute approximate surface area is 81.2 Å². The van der Waals surface area contributed by atoms with Gasteiger partial charge in [-0.25, -0.2) is 0 Å². The van der Waals surface area contributed by atoms with Gasteiger partial charge in [0.25, 0.3) is 0 Å². The first-order valence-electron chi connectivity index (χ1n) is 5.01. The monoisotopic (exact) mass is 189 g/mol. The summed E-state index contributed by atoms with van der Waals surface area (Å²) in [6.07, 6.45) is 2.57. The third-order valence-corrected chi connectivity index (χ3v) is 2.17. The second-order valence-electron chi connectivity index (χ2n) is 4.27. The van der Waals surface area contributed by atoms with E-state index in [1.807, 2.05) is 0 Å². The lowest BCUT2D eigenvalue weighted by atomic mass is 9.99. The van der Waals surface area contributed by atoms with Gasteiger partial charge in [0.05, 0.1) is 0 Å². The van der Waals surface area contributed by atoms with Crippen LogP contribution in [0.15, 0.2) is 0 Å². The van der Waals surface area contributed by atoms with E-state index in [0.717, 1.165) is 19.3 Å². The Hall–Kier alpha value is -0.120. The maximum atomic E-state index is 8.81. The van der Waals surface area contributed by atoms with Crippen LogP contribution in [0.1, 0.15) is 40.0 Å². The van der Waals surface area contributed by atoms with E-state index in [2.05, 4.69) is 26.1 Å². The molecule has 0 aliphatic heterocycles. The molecular weight excluding hydrogens is 166 g/mol. The van der Waals surface area contributed by atoms with Gasteiger partial charge in [0.15, 0.2) is 0 Å². The average Bonchev–Trinajstić information content (AvgIpc) is 1.99. The molecule has 0 aliphatic rings. The number of hydrogen-bond donors (Lipinski definition) is 3. The second kappa shape index (κ2) is 6.35. The van der Waals surface area contributed by atoms with Crippen LogP contribution in [0.2, 0.25) is 0 Å². The van der Waals surface area contributed by atoms with Crippen LogP contribution in [0.5, 0.6) is 0 Å². The van der Waals surface area contributed by atoms with Gasteiger partial charge in [-0.2, -0.15) is 0 Å².